The highest BCUT2D eigenvalue weighted by Crippen LogP contribution is 2.21. The summed E-state index contributed by atoms with van der Waals surface area (Å²) in [7, 11) is -1.77. The van der Waals surface area contributed by atoms with E-state index in [-0.39, 0.29) is 18.2 Å². The number of hydrogen-bond donors (Lipinski definition) is 1. The summed E-state index contributed by atoms with van der Waals surface area (Å²) in [4.78, 5) is 0. The van der Waals surface area contributed by atoms with E-state index in [2.05, 4.69) is 4.72 Å². The van der Waals surface area contributed by atoms with Gasteiger partial charge in [0, 0.05) is 12.5 Å². The van der Waals surface area contributed by atoms with Crippen molar-refractivity contribution >= 4 is 10.0 Å². The molecule has 6 heteroatoms. The fraction of sp³-hybridized carbons (Fsp3) is 0.500. The van der Waals surface area contributed by atoms with E-state index >= 15 is 0 Å². The normalized spacial score (nSPS) is 12.7. The van der Waals surface area contributed by atoms with E-state index in [0.29, 0.717) is 12.8 Å². The molecule has 5 nitrogen and oxygen atoms in total. The number of nitrogens with one attached hydrogen (secondary N) is 1. The third-order valence-electron chi connectivity index (χ3n) is 2.95. The average Bonchev–Trinajstić information content (AvgIpc) is 2.45. The van der Waals surface area contributed by atoms with Gasteiger partial charge < -0.3 is 4.74 Å². The first kappa shape index (κ1) is 16.5. The number of nitriles is 1. The van der Waals surface area contributed by atoms with Crippen molar-refractivity contribution in [2.45, 2.75) is 32.2 Å². The van der Waals surface area contributed by atoms with Gasteiger partial charge in [-0.2, -0.15) is 5.26 Å². The third-order valence-corrected chi connectivity index (χ3v) is 4.42. The molecule has 1 unspecified atom stereocenters. The van der Waals surface area contributed by atoms with E-state index < -0.39 is 10.0 Å². The zero-order valence-corrected chi connectivity index (χ0v) is 12.6. The number of methoxy groups -OCH3 is 1. The van der Waals surface area contributed by atoms with Crippen LogP contribution >= 0.6 is 0 Å². The quantitative estimate of drug-likeness (QED) is 0.747. The third kappa shape index (κ3) is 5.19. The highest BCUT2D eigenvalue weighted by molar-refractivity contribution is 7.89. The highest BCUT2D eigenvalue weighted by atomic mass is 32.2. The van der Waals surface area contributed by atoms with Gasteiger partial charge in [-0.3, -0.25) is 0 Å². The van der Waals surface area contributed by atoms with Crippen molar-refractivity contribution < 1.29 is 13.2 Å². The number of benzene rings is 1. The molecule has 0 radical (unpaired) electrons. The van der Waals surface area contributed by atoms with E-state index in [1.54, 1.807) is 7.11 Å². The molecule has 1 rings (SSSR count). The zero-order valence-electron chi connectivity index (χ0n) is 11.8. The van der Waals surface area contributed by atoms with Gasteiger partial charge in [0.25, 0.3) is 0 Å². The summed E-state index contributed by atoms with van der Waals surface area (Å²) in [5.41, 5.74) is 0.900. The van der Waals surface area contributed by atoms with Crippen molar-refractivity contribution in [2.75, 3.05) is 12.9 Å². The van der Waals surface area contributed by atoms with Crippen LogP contribution in [0.2, 0.25) is 0 Å². The van der Waals surface area contributed by atoms with Crippen molar-refractivity contribution in [3.63, 3.8) is 0 Å². The first-order valence-corrected chi connectivity index (χ1v) is 8.18. The second-order valence-corrected chi connectivity index (χ2v) is 6.31. The number of hydrogen-bond acceptors (Lipinski definition) is 4. The van der Waals surface area contributed by atoms with Crippen molar-refractivity contribution in [1.82, 2.24) is 4.72 Å². The molecule has 0 bridgehead atoms. The largest absolute Gasteiger partial charge is 0.497 e. The summed E-state index contributed by atoms with van der Waals surface area (Å²) in [5.74, 6) is 0.716. The highest BCUT2D eigenvalue weighted by Gasteiger charge is 2.17. The lowest BCUT2D eigenvalue weighted by Crippen LogP contribution is -2.30. The van der Waals surface area contributed by atoms with Gasteiger partial charge in [0.2, 0.25) is 10.0 Å². The molecule has 0 aliphatic carbocycles. The van der Waals surface area contributed by atoms with Crippen LogP contribution in [0.4, 0.5) is 0 Å². The standard InChI is InChI=1S/C14H20N2O3S/c1-3-14(12-6-8-13(19-2)9-7-12)16-20(17,18)11-5-4-10-15/h6-9,14,16H,3-5,11H2,1-2H3. The Hall–Kier alpha value is -1.58. The summed E-state index contributed by atoms with van der Waals surface area (Å²) in [5, 5.41) is 8.44. The van der Waals surface area contributed by atoms with Crippen LogP contribution in [-0.4, -0.2) is 21.3 Å². The zero-order chi connectivity index (χ0) is 15.0. The molecule has 110 valence electrons. The number of ether oxygens (including phenoxy) is 1. The molecule has 0 spiro atoms. The minimum absolute atomic E-state index is 0.0206. The molecular weight excluding hydrogens is 276 g/mol. The fourth-order valence-electron chi connectivity index (χ4n) is 1.84. The van der Waals surface area contributed by atoms with Crippen molar-refractivity contribution in [3.8, 4) is 11.8 Å². The van der Waals surface area contributed by atoms with Crippen LogP contribution in [0, 0.1) is 11.3 Å². The van der Waals surface area contributed by atoms with Gasteiger partial charge in [0.1, 0.15) is 5.75 Å². The lowest BCUT2D eigenvalue weighted by Gasteiger charge is -2.17. The van der Waals surface area contributed by atoms with Crippen LogP contribution in [-0.2, 0) is 10.0 Å². The molecule has 0 aliphatic heterocycles. The Bertz CT molecular complexity index is 547. The molecule has 0 saturated carbocycles. The van der Waals surface area contributed by atoms with E-state index in [0.717, 1.165) is 11.3 Å². The summed E-state index contributed by atoms with van der Waals surface area (Å²) < 4.78 is 31.6. The SMILES string of the molecule is CCC(NS(=O)(=O)CCCC#N)c1ccc(OC)cc1. The number of unbranched alkanes of at least 4 members (excludes halogenated alkanes) is 1. The second kappa shape index (κ2) is 7.88. The molecule has 0 amide bonds. The first-order chi connectivity index (χ1) is 9.52. The average molecular weight is 296 g/mol. The molecule has 0 heterocycles. The lowest BCUT2D eigenvalue weighted by molar-refractivity contribution is 0.414. The first-order valence-electron chi connectivity index (χ1n) is 6.53. The Morgan fingerprint density at radius 3 is 2.50 bits per heavy atom. The van der Waals surface area contributed by atoms with E-state index in [9.17, 15) is 8.42 Å². The molecule has 0 aromatic heterocycles. The van der Waals surface area contributed by atoms with Gasteiger partial charge in [0.15, 0.2) is 0 Å². The maximum absolute atomic E-state index is 11.9. The van der Waals surface area contributed by atoms with Crippen molar-refractivity contribution in [2.24, 2.45) is 0 Å². The monoisotopic (exact) mass is 296 g/mol. The topological polar surface area (TPSA) is 79.2 Å². The second-order valence-electron chi connectivity index (χ2n) is 4.43. The summed E-state index contributed by atoms with van der Waals surface area (Å²) in [6.45, 7) is 1.92. The van der Waals surface area contributed by atoms with Crippen LogP contribution in [0.15, 0.2) is 24.3 Å². The lowest BCUT2D eigenvalue weighted by atomic mass is 10.1. The summed E-state index contributed by atoms with van der Waals surface area (Å²) >= 11 is 0. The maximum Gasteiger partial charge on any atom is 0.212 e. The van der Waals surface area contributed by atoms with Crippen LogP contribution in [0.25, 0.3) is 0 Å². The minimum atomic E-state index is -3.36. The minimum Gasteiger partial charge on any atom is -0.497 e. The van der Waals surface area contributed by atoms with Crippen molar-refractivity contribution in [3.05, 3.63) is 29.8 Å². The molecule has 1 N–H and O–H groups in total. The maximum atomic E-state index is 11.9. The van der Waals surface area contributed by atoms with Crippen LogP contribution in [0.5, 0.6) is 5.75 Å². The van der Waals surface area contributed by atoms with Gasteiger partial charge in [0.05, 0.1) is 18.9 Å². The van der Waals surface area contributed by atoms with E-state index in [1.165, 1.54) is 0 Å². The number of nitrogens with zero attached hydrogens (tertiary/aromatic N) is 1. The predicted molar refractivity (Wildman–Crippen MR) is 77.8 cm³/mol. The molecule has 0 saturated heterocycles. The Kier molecular flexibility index (Phi) is 6.49. The van der Waals surface area contributed by atoms with Gasteiger partial charge in [-0.25, -0.2) is 13.1 Å². The molecular formula is C14H20N2O3S. The summed E-state index contributed by atoms with van der Waals surface area (Å²) in [6.07, 6.45) is 1.26. The van der Waals surface area contributed by atoms with Gasteiger partial charge >= 0.3 is 0 Å². The Morgan fingerprint density at radius 2 is 2.00 bits per heavy atom. The summed E-state index contributed by atoms with van der Waals surface area (Å²) in [6, 6.07) is 9.01. The Balaban J connectivity index is 2.73. The van der Waals surface area contributed by atoms with Gasteiger partial charge in [-0.05, 0) is 30.5 Å². The number of rotatable bonds is 8. The Labute approximate surface area is 120 Å². The molecule has 0 fully saturated rings. The van der Waals surface area contributed by atoms with Crippen LogP contribution in [0.1, 0.15) is 37.8 Å². The molecule has 1 aromatic rings. The van der Waals surface area contributed by atoms with Gasteiger partial charge in [-0.1, -0.05) is 19.1 Å². The number of sulfonamides is 1. The smallest absolute Gasteiger partial charge is 0.212 e. The predicted octanol–water partition coefficient (Wildman–Crippen LogP) is 2.37. The molecule has 1 atom stereocenters. The molecule has 1 aromatic carbocycles. The molecule has 20 heavy (non-hydrogen) atoms. The van der Waals surface area contributed by atoms with Crippen LogP contribution in [0.3, 0.4) is 0 Å². The van der Waals surface area contributed by atoms with E-state index in [4.69, 9.17) is 10.00 Å². The van der Waals surface area contributed by atoms with Crippen LogP contribution < -0.4 is 9.46 Å². The molecule has 0 aliphatic rings. The Morgan fingerprint density at radius 1 is 1.35 bits per heavy atom. The van der Waals surface area contributed by atoms with E-state index in [1.807, 2.05) is 37.3 Å². The fourth-order valence-corrected chi connectivity index (χ4v) is 3.22. The van der Waals surface area contributed by atoms with Crippen molar-refractivity contribution in [1.29, 1.82) is 5.26 Å². The van der Waals surface area contributed by atoms with Gasteiger partial charge in [-0.15, -0.1) is 0 Å².